The first kappa shape index (κ1) is 17.4. The molecule has 1 rings (SSSR count). The lowest BCUT2D eigenvalue weighted by Crippen LogP contribution is -2.39. The molecular weight excluding hydrogens is 365 g/mol. The van der Waals surface area contributed by atoms with Crippen molar-refractivity contribution in [2.24, 2.45) is 5.92 Å². The molecule has 0 heterocycles. The first-order valence-corrected chi connectivity index (χ1v) is 8.48. The average molecular weight is 389 g/mol. The Hall–Kier alpha value is -0.620. The lowest BCUT2D eigenvalue weighted by molar-refractivity contribution is 0.0880. The monoisotopic (exact) mass is 389 g/mol. The molecule has 20 heavy (non-hydrogen) atoms. The highest BCUT2D eigenvalue weighted by Gasteiger charge is 2.15. The van der Waals surface area contributed by atoms with Crippen LogP contribution >= 0.6 is 22.6 Å². The Balaban J connectivity index is 2.70. The maximum Gasteiger partial charge on any atom is 0.251 e. The van der Waals surface area contributed by atoms with E-state index in [0.29, 0.717) is 17.1 Å². The van der Waals surface area contributed by atoms with Gasteiger partial charge in [0.25, 0.3) is 5.91 Å². The fourth-order valence-electron chi connectivity index (χ4n) is 2.08. The van der Waals surface area contributed by atoms with Gasteiger partial charge in [-0.3, -0.25) is 4.79 Å². The number of nitrogens with one attached hydrogen (secondary N) is 1. The third-order valence-electron chi connectivity index (χ3n) is 3.26. The van der Waals surface area contributed by atoms with Gasteiger partial charge in [-0.2, -0.15) is 0 Å². The van der Waals surface area contributed by atoms with Crippen LogP contribution in [0, 0.1) is 19.8 Å². The molecule has 1 aromatic carbocycles. The van der Waals surface area contributed by atoms with Crippen LogP contribution in [0.15, 0.2) is 18.2 Å². The van der Waals surface area contributed by atoms with Crippen molar-refractivity contribution in [2.45, 2.75) is 40.2 Å². The van der Waals surface area contributed by atoms with E-state index in [1.807, 2.05) is 32.0 Å². The van der Waals surface area contributed by atoms with E-state index in [0.717, 1.165) is 17.5 Å². The summed E-state index contributed by atoms with van der Waals surface area (Å²) in [6.07, 6.45) is 0.924. The summed E-state index contributed by atoms with van der Waals surface area (Å²) in [7, 11) is 0. The quantitative estimate of drug-likeness (QED) is 0.568. The highest BCUT2D eigenvalue weighted by atomic mass is 127. The molecule has 1 aromatic rings. The van der Waals surface area contributed by atoms with E-state index in [1.54, 1.807) is 0 Å². The second-order valence-corrected chi connectivity index (χ2v) is 6.20. The van der Waals surface area contributed by atoms with Crippen LogP contribution < -0.4 is 5.32 Å². The Morgan fingerprint density at radius 1 is 1.30 bits per heavy atom. The van der Waals surface area contributed by atoms with Crippen LogP contribution in [-0.2, 0) is 4.74 Å². The minimum absolute atomic E-state index is 0.0178. The van der Waals surface area contributed by atoms with E-state index in [2.05, 4.69) is 41.8 Å². The number of alkyl halides is 1. The van der Waals surface area contributed by atoms with E-state index < -0.39 is 0 Å². The number of carbonyl (C=O) groups excluding carboxylic acids is 1. The SMILES string of the molecule is Cc1ccc(C(=O)NC(COCI)CC(C)C)cc1C. The summed E-state index contributed by atoms with van der Waals surface area (Å²) in [6.45, 7) is 8.94. The molecule has 1 unspecified atom stereocenters. The molecule has 0 fully saturated rings. The smallest absolute Gasteiger partial charge is 0.251 e. The number of hydrogen-bond donors (Lipinski definition) is 1. The first-order valence-electron chi connectivity index (χ1n) is 6.95. The Bertz CT molecular complexity index is 446. The van der Waals surface area contributed by atoms with Gasteiger partial charge in [-0.05, 0) is 49.4 Å². The molecule has 1 amide bonds. The zero-order valence-electron chi connectivity index (χ0n) is 12.7. The number of hydrogen-bond acceptors (Lipinski definition) is 2. The predicted molar refractivity (Wildman–Crippen MR) is 91.5 cm³/mol. The summed E-state index contributed by atoms with van der Waals surface area (Å²) in [5.74, 6) is 0.508. The van der Waals surface area contributed by atoms with Crippen molar-refractivity contribution in [3.8, 4) is 0 Å². The largest absolute Gasteiger partial charge is 0.369 e. The molecule has 0 bridgehead atoms. The van der Waals surface area contributed by atoms with Crippen LogP contribution in [0.2, 0.25) is 0 Å². The number of carbonyl (C=O) groups is 1. The molecule has 4 heteroatoms. The van der Waals surface area contributed by atoms with E-state index in [9.17, 15) is 4.79 Å². The number of rotatable bonds is 7. The molecule has 0 aliphatic rings. The van der Waals surface area contributed by atoms with Gasteiger partial charge in [0.05, 0.1) is 17.3 Å². The summed E-state index contributed by atoms with van der Waals surface area (Å²) in [5.41, 5.74) is 3.06. The minimum atomic E-state index is -0.0178. The maximum atomic E-state index is 12.3. The summed E-state index contributed by atoms with van der Waals surface area (Å²) in [5, 5.41) is 3.08. The Morgan fingerprint density at radius 2 is 2.00 bits per heavy atom. The second kappa shape index (κ2) is 8.62. The van der Waals surface area contributed by atoms with Gasteiger partial charge in [0.15, 0.2) is 0 Å². The lowest BCUT2D eigenvalue weighted by atomic mass is 10.0. The molecule has 0 saturated carbocycles. The summed E-state index contributed by atoms with van der Waals surface area (Å²) in [4.78, 5) is 12.3. The van der Waals surface area contributed by atoms with Crippen molar-refractivity contribution in [3.05, 3.63) is 34.9 Å². The predicted octanol–water partition coefficient (Wildman–Crippen LogP) is 3.86. The van der Waals surface area contributed by atoms with Crippen molar-refractivity contribution in [3.63, 3.8) is 0 Å². The number of aryl methyl sites for hydroxylation is 2. The Kier molecular flexibility index (Phi) is 7.51. The van der Waals surface area contributed by atoms with Crippen LogP contribution in [0.25, 0.3) is 0 Å². The van der Waals surface area contributed by atoms with Gasteiger partial charge < -0.3 is 10.1 Å². The normalized spacial score (nSPS) is 12.5. The highest BCUT2D eigenvalue weighted by Crippen LogP contribution is 2.11. The van der Waals surface area contributed by atoms with Crippen LogP contribution in [-0.4, -0.2) is 23.2 Å². The summed E-state index contributed by atoms with van der Waals surface area (Å²) >= 11 is 2.17. The van der Waals surface area contributed by atoms with Crippen molar-refractivity contribution in [2.75, 3.05) is 11.2 Å². The Labute approximate surface area is 135 Å². The standard InChI is InChI=1S/C16H24INO2/c1-11(2)7-15(9-20-10-17)18-16(19)14-6-5-12(3)13(4)8-14/h5-6,8,11,15H,7,9-10H2,1-4H3,(H,18,19). The van der Waals surface area contributed by atoms with E-state index in [1.165, 1.54) is 5.56 Å². The molecule has 0 saturated heterocycles. The van der Waals surface area contributed by atoms with Gasteiger partial charge in [0.2, 0.25) is 0 Å². The molecule has 3 nitrogen and oxygen atoms in total. The van der Waals surface area contributed by atoms with Gasteiger partial charge in [-0.1, -0.05) is 42.5 Å². The van der Waals surface area contributed by atoms with Crippen molar-refractivity contribution in [1.29, 1.82) is 0 Å². The average Bonchev–Trinajstić information content (AvgIpc) is 2.38. The van der Waals surface area contributed by atoms with Crippen LogP contribution in [0.4, 0.5) is 0 Å². The summed E-state index contributed by atoms with van der Waals surface area (Å²) < 4.78 is 6.09. The molecule has 0 radical (unpaired) electrons. The third-order valence-corrected chi connectivity index (χ3v) is 3.70. The van der Waals surface area contributed by atoms with Crippen molar-refractivity contribution in [1.82, 2.24) is 5.32 Å². The topological polar surface area (TPSA) is 38.3 Å². The minimum Gasteiger partial charge on any atom is -0.369 e. The van der Waals surface area contributed by atoms with Gasteiger partial charge in [0.1, 0.15) is 0 Å². The molecule has 0 aromatic heterocycles. The van der Waals surface area contributed by atoms with Crippen molar-refractivity contribution >= 4 is 28.5 Å². The zero-order chi connectivity index (χ0) is 15.1. The van der Waals surface area contributed by atoms with E-state index >= 15 is 0 Å². The third kappa shape index (κ3) is 5.79. The highest BCUT2D eigenvalue weighted by molar-refractivity contribution is 14.1. The first-order chi connectivity index (χ1) is 9.43. The molecule has 1 N–H and O–H groups in total. The van der Waals surface area contributed by atoms with Crippen LogP contribution in [0.3, 0.4) is 0 Å². The fourth-order valence-corrected chi connectivity index (χ4v) is 2.33. The molecule has 0 aliphatic carbocycles. The number of halogens is 1. The maximum absolute atomic E-state index is 12.3. The fraction of sp³-hybridized carbons (Fsp3) is 0.562. The molecule has 0 aliphatic heterocycles. The van der Waals surface area contributed by atoms with Gasteiger partial charge in [0, 0.05) is 5.56 Å². The molecule has 0 spiro atoms. The van der Waals surface area contributed by atoms with Crippen LogP contribution in [0.5, 0.6) is 0 Å². The number of benzene rings is 1. The second-order valence-electron chi connectivity index (χ2n) is 5.58. The van der Waals surface area contributed by atoms with Gasteiger partial charge in [-0.25, -0.2) is 0 Å². The van der Waals surface area contributed by atoms with Gasteiger partial charge in [-0.15, -0.1) is 0 Å². The zero-order valence-corrected chi connectivity index (χ0v) is 14.9. The Morgan fingerprint density at radius 3 is 2.55 bits per heavy atom. The molecular formula is C16H24INO2. The van der Waals surface area contributed by atoms with Crippen LogP contribution in [0.1, 0.15) is 41.8 Å². The number of amides is 1. The summed E-state index contributed by atoms with van der Waals surface area (Å²) in [6, 6.07) is 5.88. The van der Waals surface area contributed by atoms with E-state index in [4.69, 9.17) is 4.74 Å². The van der Waals surface area contributed by atoms with Gasteiger partial charge >= 0.3 is 0 Å². The molecule has 1 atom stereocenters. The van der Waals surface area contributed by atoms with Crippen molar-refractivity contribution < 1.29 is 9.53 Å². The van der Waals surface area contributed by atoms with E-state index in [-0.39, 0.29) is 11.9 Å². The molecule has 112 valence electrons. The number of ether oxygens (including phenoxy) is 1. The lowest BCUT2D eigenvalue weighted by Gasteiger charge is -2.20.